The number of ether oxygens (including phenoxy) is 1. The van der Waals surface area contributed by atoms with Gasteiger partial charge in [-0.3, -0.25) is 4.79 Å². The Balaban J connectivity index is 1.52. The number of sulfone groups is 1. The zero-order valence-electron chi connectivity index (χ0n) is 16.2. The van der Waals surface area contributed by atoms with Gasteiger partial charge < -0.3 is 9.84 Å². The van der Waals surface area contributed by atoms with E-state index in [4.69, 9.17) is 9.84 Å². The van der Waals surface area contributed by atoms with E-state index < -0.39 is 15.8 Å². The van der Waals surface area contributed by atoms with Gasteiger partial charge in [-0.15, -0.1) is 0 Å². The smallest absolute Gasteiger partial charge is 0.303 e. The first-order valence-electron chi connectivity index (χ1n) is 10.2. The number of carbonyl (C=O) groups is 1. The van der Waals surface area contributed by atoms with E-state index in [1.54, 1.807) is 0 Å². The fraction of sp³-hybridized carbons (Fsp3) is 0.591. The third-order valence-electron chi connectivity index (χ3n) is 5.92. The van der Waals surface area contributed by atoms with Gasteiger partial charge in [-0.25, -0.2) is 8.42 Å². The van der Waals surface area contributed by atoms with Crippen molar-refractivity contribution in [2.24, 2.45) is 11.8 Å². The number of hydrogen-bond acceptors (Lipinski definition) is 4. The first-order chi connectivity index (χ1) is 13.4. The number of hydrogen-bond donors (Lipinski definition) is 1. The summed E-state index contributed by atoms with van der Waals surface area (Å²) < 4.78 is 31.5. The minimum absolute atomic E-state index is 0.0712. The van der Waals surface area contributed by atoms with Crippen molar-refractivity contribution in [2.75, 3.05) is 11.5 Å². The molecule has 1 aromatic carbocycles. The maximum atomic E-state index is 12.7. The van der Waals surface area contributed by atoms with E-state index in [9.17, 15) is 13.2 Å². The molecule has 2 aliphatic rings. The zero-order valence-corrected chi connectivity index (χ0v) is 17.0. The molecule has 2 aliphatic heterocycles. The van der Waals surface area contributed by atoms with E-state index >= 15 is 0 Å². The van der Waals surface area contributed by atoms with Crippen LogP contribution in [0, 0.1) is 11.8 Å². The highest BCUT2D eigenvalue weighted by molar-refractivity contribution is 7.91. The topological polar surface area (TPSA) is 80.7 Å². The largest absolute Gasteiger partial charge is 0.481 e. The van der Waals surface area contributed by atoms with E-state index in [-0.39, 0.29) is 42.0 Å². The second-order valence-electron chi connectivity index (χ2n) is 7.96. The van der Waals surface area contributed by atoms with Gasteiger partial charge in [0.2, 0.25) is 0 Å². The molecule has 154 valence electrons. The summed E-state index contributed by atoms with van der Waals surface area (Å²) in [5.74, 6) is -0.0545. The van der Waals surface area contributed by atoms with Crippen LogP contribution >= 0.6 is 0 Å². The SMILES string of the molecule is O=C(O)CCCC=CC[C@@H]1[C@H](CS(=O)(=O)CCc2ccccc2)[C@@H]2CC[C@H]1O2. The van der Waals surface area contributed by atoms with Crippen LogP contribution < -0.4 is 0 Å². The van der Waals surface area contributed by atoms with Crippen LogP contribution in [0.3, 0.4) is 0 Å². The van der Waals surface area contributed by atoms with E-state index in [0.29, 0.717) is 12.8 Å². The van der Waals surface area contributed by atoms with Gasteiger partial charge in [0.05, 0.1) is 23.7 Å². The van der Waals surface area contributed by atoms with Crippen molar-refractivity contribution in [1.29, 1.82) is 0 Å². The van der Waals surface area contributed by atoms with Crippen LogP contribution in [0.25, 0.3) is 0 Å². The molecule has 0 amide bonds. The van der Waals surface area contributed by atoms with Crippen LogP contribution in [0.1, 0.15) is 44.1 Å². The number of carboxylic acid groups (broad SMARTS) is 1. The first-order valence-corrected chi connectivity index (χ1v) is 12.0. The molecule has 4 atom stereocenters. The molecule has 2 bridgehead atoms. The van der Waals surface area contributed by atoms with Gasteiger partial charge >= 0.3 is 5.97 Å². The lowest BCUT2D eigenvalue weighted by Crippen LogP contribution is -2.33. The van der Waals surface area contributed by atoms with E-state index in [2.05, 4.69) is 6.08 Å². The summed E-state index contributed by atoms with van der Waals surface area (Å²) in [7, 11) is -3.14. The second-order valence-corrected chi connectivity index (χ2v) is 10.2. The molecule has 1 aromatic rings. The predicted molar refractivity (Wildman–Crippen MR) is 109 cm³/mol. The molecule has 0 saturated carbocycles. The molecule has 0 aliphatic carbocycles. The van der Waals surface area contributed by atoms with Gasteiger partial charge in [0.1, 0.15) is 0 Å². The molecule has 6 heteroatoms. The van der Waals surface area contributed by atoms with Gasteiger partial charge in [0, 0.05) is 12.3 Å². The van der Waals surface area contributed by atoms with Crippen molar-refractivity contribution in [3.05, 3.63) is 48.0 Å². The van der Waals surface area contributed by atoms with Gasteiger partial charge in [-0.1, -0.05) is 42.5 Å². The van der Waals surface area contributed by atoms with E-state index in [1.165, 1.54) is 0 Å². The maximum absolute atomic E-state index is 12.7. The van der Waals surface area contributed by atoms with Crippen LogP contribution in [-0.2, 0) is 25.8 Å². The van der Waals surface area contributed by atoms with Crippen LogP contribution in [0.4, 0.5) is 0 Å². The van der Waals surface area contributed by atoms with Gasteiger partial charge in [-0.05, 0) is 50.0 Å². The van der Waals surface area contributed by atoms with E-state index in [1.807, 2.05) is 36.4 Å². The standard InChI is InChI=1S/C22H30O5S/c23-22(24)11-7-2-1-6-10-18-19(21-13-12-20(18)27-21)16-28(25,26)15-14-17-8-4-3-5-9-17/h1,3-6,8-9,18-21H,2,7,10-16H2,(H,23,24)/t18-,19+,20-,21+/m1/s1. The van der Waals surface area contributed by atoms with Crippen molar-refractivity contribution in [2.45, 2.75) is 57.2 Å². The fourth-order valence-electron chi connectivity index (χ4n) is 4.46. The summed E-state index contributed by atoms with van der Waals surface area (Å²) in [4.78, 5) is 10.5. The molecule has 3 rings (SSSR count). The highest BCUT2D eigenvalue weighted by Crippen LogP contribution is 2.45. The molecule has 0 spiro atoms. The number of fused-ring (bicyclic) bond motifs is 2. The molecule has 0 radical (unpaired) electrons. The number of aliphatic carboxylic acids is 1. The Morgan fingerprint density at radius 3 is 2.54 bits per heavy atom. The predicted octanol–water partition coefficient (Wildman–Crippen LogP) is 3.64. The second kappa shape index (κ2) is 9.70. The van der Waals surface area contributed by atoms with Crippen molar-refractivity contribution < 1.29 is 23.1 Å². The summed E-state index contributed by atoms with van der Waals surface area (Å²) in [5.41, 5.74) is 1.05. The molecule has 0 unspecified atom stereocenters. The lowest BCUT2D eigenvalue weighted by Gasteiger charge is -2.27. The minimum atomic E-state index is -3.14. The van der Waals surface area contributed by atoms with Gasteiger partial charge in [0.15, 0.2) is 9.84 Å². The zero-order chi connectivity index (χ0) is 20.0. The molecule has 2 heterocycles. The summed E-state index contributed by atoms with van der Waals surface area (Å²) >= 11 is 0. The van der Waals surface area contributed by atoms with Crippen LogP contribution in [0.5, 0.6) is 0 Å². The first kappa shape index (κ1) is 21.1. The van der Waals surface area contributed by atoms with Crippen molar-refractivity contribution in [3.63, 3.8) is 0 Å². The molecular weight excluding hydrogens is 376 g/mol. The van der Waals surface area contributed by atoms with Crippen molar-refractivity contribution >= 4 is 15.8 Å². The molecule has 2 fully saturated rings. The number of rotatable bonds is 11. The van der Waals surface area contributed by atoms with Gasteiger partial charge in [0.25, 0.3) is 0 Å². The van der Waals surface area contributed by atoms with E-state index in [0.717, 1.165) is 31.2 Å². The van der Waals surface area contributed by atoms with Crippen LogP contribution in [0.2, 0.25) is 0 Å². The lowest BCUT2D eigenvalue weighted by molar-refractivity contribution is -0.137. The molecule has 5 nitrogen and oxygen atoms in total. The normalized spacial score (nSPS) is 26.9. The Bertz CT molecular complexity index is 771. The monoisotopic (exact) mass is 406 g/mol. The lowest BCUT2D eigenvalue weighted by atomic mass is 9.78. The molecular formula is C22H30O5S. The third kappa shape index (κ3) is 5.92. The number of carboxylic acids is 1. The van der Waals surface area contributed by atoms with Crippen molar-refractivity contribution in [1.82, 2.24) is 0 Å². The molecule has 2 saturated heterocycles. The third-order valence-corrected chi connectivity index (χ3v) is 7.64. The van der Waals surface area contributed by atoms with Crippen LogP contribution in [0.15, 0.2) is 42.5 Å². The summed E-state index contributed by atoms with van der Waals surface area (Å²) in [6, 6.07) is 9.74. The number of allylic oxidation sites excluding steroid dienone is 2. The highest BCUT2D eigenvalue weighted by atomic mass is 32.2. The average Bonchev–Trinajstić information content (AvgIpc) is 3.26. The minimum Gasteiger partial charge on any atom is -0.481 e. The molecule has 28 heavy (non-hydrogen) atoms. The summed E-state index contributed by atoms with van der Waals surface area (Å²) in [6.45, 7) is 0. The number of unbranched alkanes of at least 4 members (excludes halogenated alkanes) is 1. The van der Waals surface area contributed by atoms with Crippen molar-refractivity contribution in [3.8, 4) is 0 Å². The summed E-state index contributed by atoms with van der Waals surface area (Å²) in [5, 5.41) is 8.68. The average molecular weight is 407 g/mol. The Morgan fingerprint density at radius 2 is 1.82 bits per heavy atom. The maximum Gasteiger partial charge on any atom is 0.303 e. The van der Waals surface area contributed by atoms with Crippen LogP contribution in [-0.4, -0.2) is 43.2 Å². The molecule has 1 N–H and O–H groups in total. The fourth-order valence-corrected chi connectivity index (χ4v) is 6.23. The number of aryl methyl sites for hydroxylation is 1. The van der Waals surface area contributed by atoms with Gasteiger partial charge in [-0.2, -0.15) is 0 Å². The highest BCUT2D eigenvalue weighted by Gasteiger charge is 2.49. The number of benzene rings is 1. The quantitative estimate of drug-likeness (QED) is 0.448. The Hall–Kier alpha value is -1.66. The Kier molecular flexibility index (Phi) is 7.30. The Morgan fingerprint density at radius 1 is 1.11 bits per heavy atom. The summed E-state index contributed by atoms with van der Waals surface area (Å²) in [6.07, 6.45) is 9.26. The molecule has 0 aromatic heterocycles. The Labute approximate surface area is 167 Å².